The third-order valence-corrected chi connectivity index (χ3v) is 6.54. The Bertz CT molecular complexity index is 1100. The number of amides is 1. The van der Waals surface area contributed by atoms with Crippen molar-refractivity contribution >= 4 is 40.0 Å². The number of hydrogen-bond acceptors (Lipinski definition) is 2. The summed E-state index contributed by atoms with van der Waals surface area (Å²) >= 11 is 12.5. The molecule has 2 aromatic carbocycles. The van der Waals surface area contributed by atoms with Crippen LogP contribution in [0.25, 0.3) is 10.9 Å². The highest BCUT2D eigenvalue weighted by molar-refractivity contribution is 6.45. The zero-order valence-electron chi connectivity index (χ0n) is 15.4. The van der Waals surface area contributed by atoms with E-state index in [2.05, 4.69) is 11.4 Å². The van der Waals surface area contributed by atoms with Gasteiger partial charge in [-0.3, -0.25) is 4.79 Å². The van der Waals surface area contributed by atoms with Crippen molar-refractivity contribution in [1.82, 2.24) is 9.88 Å². The number of fused-ring (bicyclic) bond motifs is 1. The van der Waals surface area contributed by atoms with E-state index in [-0.39, 0.29) is 5.91 Å². The molecule has 4 nitrogen and oxygen atoms in total. The summed E-state index contributed by atoms with van der Waals surface area (Å²) in [7, 11) is 1.85. The number of nitriles is 1. The van der Waals surface area contributed by atoms with E-state index in [9.17, 15) is 4.79 Å². The van der Waals surface area contributed by atoms with Crippen LogP contribution in [0.5, 0.6) is 0 Å². The molecular weight excluding hydrogens is 393 g/mol. The number of nitrogens with zero attached hydrogens (tertiary/aromatic N) is 2. The summed E-state index contributed by atoms with van der Waals surface area (Å²) in [6.07, 6.45) is 3.86. The van der Waals surface area contributed by atoms with Gasteiger partial charge in [-0.2, -0.15) is 5.26 Å². The molecule has 142 valence electrons. The second kappa shape index (κ2) is 7.16. The fourth-order valence-electron chi connectivity index (χ4n) is 4.18. The Hall–Kier alpha value is -2.48. The van der Waals surface area contributed by atoms with Gasteiger partial charge in [0.15, 0.2) is 0 Å². The SMILES string of the molecule is Cn1c(C(=O)NC2(c3ccc(C#N)cc3)CCCC2)cc2c(Cl)c(Cl)ccc21. The van der Waals surface area contributed by atoms with E-state index in [0.29, 0.717) is 21.3 Å². The molecule has 1 aliphatic rings. The minimum Gasteiger partial charge on any atom is -0.341 e. The average Bonchev–Trinajstić information content (AvgIpc) is 3.31. The van der Waals surface area contributed by atoms with Gasteiger partial charge in [-0.25, -0.2) is 0 Å². The molecule has 28 heavy (non-hydrogen) atoms. The highest BCUT2D eigenvalue weighted by Crippen LogP contribution is 2.39. The second-order valence-electron chi connectivity index (χ2n) is 7.32. The van der Waals surface area contributed by atoms with E-state index < -0.39 is 5.54 Å². The highest BCUT2D eigenvalue weighted by Gasteiger charge is 2.37. The van der Waals surface area contributed by atoms with Crippen molar-refractivity contribution in [1.29, 1.82) is 5.26 Å². The number of halogens is 2. The molecule has 0 aliphatic heterocycles. The van der Waals surface area contributed by atoms with Crippen LogP contribution in [-0.4, -0.2) is 10.5 Å². The van der Waals surface area contributed by atoms with E-state index in [1.54, 1.807) is 24.3 Å². The van der Waals surface area contributed by atoms with Gasteiger partial charge in [-0.15, -0.1) is 0 Å². The molecule has 0 atom stereocenters. The Kier molecular flexibility index (Phi) is 4.82. The molecule has 1 N–H and O–H groups in total. The normalized spacial score (nSPS) is 15.5. The maximum absolute atomic E-state index is 13.2. The van der Waals surface area contributed by atoms with E-state index in [0.717, 1.165) is 42.1 Å². The largest absolute Gasteiger partial charge is 0.341 e. The van der Waals surface area contributed by atoms with Crippen molar-refractivity contribution in [3.8, 4) is 6.07 Å². The Balaban J connectivity index is 1.71. The smallest absolute Gasteiger partial charge is 0.268 e. The molecule has 1 aromatic heterocycles. The van der Waals surface area contributed by atoms with Gasteiger partial charge in [0.05, 0.1) is 27.2 Å². The molecule has 0 radical (unpaired) electrons. The van der Waals surface area contributed by atoms with Crippen LogP contribution >= 0.6 is 23.2 Å². The van der Waals surface area contributed by atoms with Gasteiger partial charge in [0.25, 0.3) is 5.91 Å². The Morgan fingerprint density at radius 2 is 1.82 bits per heavy atom. The van der Waals surface area contributed by atoms with E-state index in [1.165, 1.54) is 0 Å². The third kappa shape index (κ3) is 3.05. The maximum atomic E-state index is 13.2. The molecule has 0 unspecified atom stereocenters. The fourth-order valence-corrected chi connectivity index (χ4v) is 4.56. The van der Waals surface area contributed by atoms with Gasteiger partial charge in [0.1, 0.15) is 5.69 Å². The number of carbonyl (C=O) groups excluding carboxylic acids is 1. The van der Waals surface area contributed by atoms with E-state index >= 15 is 0 Å². The topological polar surface area (TPSA) is 57.8 Å². The van der Waals surface area contributed by atoms with Gasteiger partial charge in [0, 0.05) is 18.0 Å². The predicted molar refractivity (Wildman–Crippen MR) is 112 cm³/mol. The lowest BCUT2D eigenvalue weighted by Gasteiger charge is -2.31. The number of aryl methyl sites for hydroxylation is 1. The van der Waals surface area contributed by atoms with Crippen molar-refractivity contribution in [2.75, 3.05) is 0 Å². The quantitative estimate of drug-likeness (QED) is 0.613. The second-order valence-corrected chi connectivity index (χ2v) is 8.10. The molecule has 1 heterocycles. The number of carbonyl (C=O) groups is 1. The molecule has 1 amide bonds. The van der Waals surface area contributed by atoms with Crippen molar-refractivity contribution in [3.05, 3.63) is 69.3 Å². The van der Waals surface area contributed by atoms with Gasteiger partial charge >= 0.3 is 0 Å². The number of rotatable bonds is 3. The first-order valence-electron chi connectivity index (χ1n) is 9.22. The summed E-state index contributed by atoms with van der Waals surface area (Å²) in [5, 5.41) is 14.0. The van der Waals surface area contributed by atoms with Crippen molar-refractivity contribution in [3.63, 3.8) is 0 Å². The lowest BCUT2D eigenvalue weighted by molar-refractivity contribution is 0.0890. The monoisotopic (exact) mass is 411 g/mol. The molecular formula is C22H19Cl2N3O. The first-order valence-corrected chi connectivity index (χ1v) is 9.97. The summed E-state index contributed by atoms with van der Waals surface area (Å²) in [4.78, 5) is 13.2. The minimum atomic E-state index is -0.414. The summed E-state index contributed by atoms with van der Waals surface area (Å²) in [5.41, 5.74) is 2.64. The molecule has 1 fully saturated rings. The fraction of sp³-hybridized carbons (Fsp3) is 0.273. The molecule has 1 saturated carbocycles. The first-order chi connectivity index (χ1) is 13.4. The van der Waals surface area contributed by atoms with Crippen LogP contribution < -0.4 is 5.32 Å². The molecule has 0 saturated heterocycles. The Morgan fingerprint density at radius 1 is 1.14 bits per heavy atom. The average molecular weight is 412 g/mol. The summed E-state index contributed by atoms with van der Waals surface area (Å²) in [6.45, 7) is 0. The maximum Gasteiger partial charge on any atom is 0.268 e. The van der Waals surface area contributed by atoms with Crippen molar-refractivity contribution < 1.29 is 4.79 Å². The van der Waals surface area contributed by atoms with Crippen LogP contribution in [0.1, 0.15) is 47.3 Å². The summed E-state index contributed by atoms with van der Waals surface area (Å²) < 4.78 is 1.84. The highest BCUT2D eigenvalue weighted by atomic mass is 35.5. The van der Waals surface area contributed by atoms with Gasteiger partial charge in [-0.1, -0.05) is 48.2 Å². The van der Waals surface area contributed by atoms with Crippen molar-refractivity contribution in [2.45, 2.75) is 31.2 Å². The van der Waals surface area contributed by atoms with E-state index in [4.69, 9.17) is 28.5 Å². The zero-order valence-corrected chi connectivity index (χ0v) is 16.9. The van der Waals surface area contributed by atoms with Gasteiger partial charge in [-0.05, 0) is 48.7 Å². The van der Waals surface area contributed by atoms with Crippen LogP contribution in [0.3, 0.4) is 0 Å². The Morgan fingerprint density at radius 3 is 2.46 bits per heavy atom. The molecule has 4 rings (SSSR count). The first kappa shape index (κ1) is 18.9. The minimum absolute atomic E-state index is 0.142. The lowest BCUT2D eigenvalue weighted by atomic mass is 9.87. The van der Waals surface area contributed by atoms with Crippen LogP contribution in [0.2, 0.25) is 10.0 Å². The molecule has 1 aliphatic carbocycles. The molecule has 0 bridgehead atoms. The Labute approximate surface area is 173 Å². The third-order valence-electron chi connectivity index (χ3n) is 5.72. The molecule has 0 spiro atoms. The van der Waals surface area contributed by atoms with Gasteiger partial charge in [0.2, 0.25) is 0 Å². The van der Waals surface area contributed by atoms with Crippen LogP contribution in [0, 0.1) is 11.3 Å². The number of aromatic nitrogens is 1. The van der Waals surface area contributed by atoms with Crippen LogP contribution in [0.4, 0.5) is 0 Å². The standard InChI is InChI=1S/C22H19Cl2N3O/c1-27-18-9-8-17(23)20(24)16(18)12-19(27)21(28)26-22(10-2-3-11-22)15-6-4-14(13-25)5-7-15/h4-9,12H,2-3,10-11H2,1H3,(H,26,28). The molecule has 3 aromatic rings. The number of benzene rings is 2. The zero-order chi connectivity index (χ0) is 19.9. The van der Waals surface area contributed by atoms with E-state index in [1.807, 2.05) is 29.8 Å². The summed E-state index contributed by atoms with van der Waals surface area (Å²) in [6, 6.07) is 15.0. The molecule has 6 heteroatoms. The lowest BCUT2D eigenvalue weighted by Crippen LogP contribution is -2.44. The van der Waals surface area contributed by atoms with Crippen LogP contribution in [0.15, 0.2) is 42.5 Å². The summed E-state index contributed by atoms with van der Waals surface area (Å²) in [5.74, 6) is -0.142. The predicted octanol–water partition coefficient (Wildman–Crippen LogP) is 5.56. The number of nitrogens with one attached hydrogen (secondary N) is 1. The van der Waals surface area contributed by atoms with Crippen LogP contribution in [-0.2, 0) is 12.6 Å². The van der Waals surface area contributed by atoms with Crippen molar-refractivity contribution in [2.24, 2.45) is 7.05 Å². The number of hydrogen-bond donors (Lipinski definition) is 1. The van der Waals surface area contributed by atoms with Gasteiger partial charge < -0.3 is 9.88 Å².